The third-order valence-electron chi connectivity index (χ3n) is 2.55. The first-order valence-corrected chi connectivity index (χ1v) is 6.09. The van der Waals surface area contributed by atoms with Crippen molar-refractivity contribution in [3.63, 3.8) is 0 Å². The van der Waals surface area contributed by atoms with Crippen molar-refractivity contribution < 1.29 is 0 Å². The third-order valence-corrected chi connectivity index (χ3v) is 3.32. The predicted molar refractivity (Wildman–Crippen MR) is 62.1 cm³/mol. The Morgan fingerprint density at radius 3 is 3.00 bits per heavy atom. The molecule has 0 saturated heterocycles. The molecule has 1 aliphatic rings. The molecular formula is C10H16N4S. The van der Waals surface area contributed by atoms with Gasteiger partial charge in [-0.3, -0.25) is 10.3 Å². The average Bonchev–Trinajstić information content (AvgIpc) is 2.91. The molecule has 1 fully saturated rings. The summed E-state index contributed by atoms with van der Waals surface area (Å²) in [6.45, 7) is 1.80. The van der Waals surface area contributed by atoms with Gasteiger partial charge in [0, 0.05) is 30.6 Å². The number of hydrogen-bond donors (Lipinski definition) is 2. The molecule has 0 radical (unpaired) electrons. The first-order valence-electron chi connectivity index (χ1n) is 5.21. The van der Waals surface area contributed by atoms with Gasteiger partial charge < -0.3 is 5.73 Å². The van der Waals surface area contributed by atoms with Crippen LogP contribution in [0.5, 0.6) is 0 Å². The third kappa shape index (κ3) is 3.28. The molecule has 1 aromatic heterocycles. The summed E-state index contributed by atoms with van der Waals surface area (Å²) in [6.07, 6.45) is 5.07. The van der Waals surface area contributed by atoms with E-state index in [2.05, 4.69) is 9.88 Å². The lowest BCUT2D eigenvalue weighted by Gasteiger charge is -2.20. The number of nitrogens with zero attached hydrogens (tertiary/aromatic N) is 2. The maximum atomic E-state index is 7.24. The van der Waals surface area contributed by atoms with Gasteiger partial charge in [0.05, 0.1) is 12.4 Å². The maximum Gasteiger partial charge on any atom is 0.107 e. The summed E-state index contributed by atoms with van der Waals surface area (Å²) in [5.41, 5.74) is 5.38. The summed E-state index contributed by atoms with van der Waals surface area (Å²) in [5.74, 6) is 0.278. The summed E-state index contributed by atoms with van der Waals surface area (Å²) in [7, 11) is 0. The number of aromatic nitrogens is 1. The monoisotopic (exact) mass is 224 g/mol. The molecule has 0 aromatic carbocycles. The minimum absolute atomic E-state index is 0.278. The Hall–Kier alpha value is -0.940. The van der Waals surface area contributed by atoms with Gasteiger partial charge in [-0.25, -0.2) is 4.98 Å². The van der Waals surface area contributed by atoms with Gasteiger partial charge in [0.15, 0.2) is 0 Å². The van der Waals surface area contributed by atoms with Crippen molar-refractivity contribution in [2.75, 3.05) is 6.54 Å². The van der Waals surface area contributed by atoms with Crippen molar-refractivity contribution in [1.82, 2.24) is 9.88 Å². The fourth-order valence-electron chi connectivity index (χ4n) is 1.60. The molecule has 1 heterocycles. The molecule has 0 atom stereocenters. The zero-order valence-corrected chi connectivity index (χ0v) is 9.46. The van der Waals surface area contributed by atoms with Crippen LogP contribution in [-0.2, 0) is 6.54 Å². The van der Waals surface area contributed by atoms with Crippen LogP contribution in [-0.4, -0.2) is 28.3 Å². The molecule has 2 rings (SSSR count). The molecule has 3 N–H and O–H groups in total. The molecule has 0 aliphatic heterocycles. The zero-order valence-electron chi connectivity index (χ0n) is 8.65. The molecular weight excluding hydrogens is 208 g/mol. The SMILES string of the molecule is N=C(N)CCN(Cc1nccs1)C1CC1. The normalized spacial score (nSPS) is 15.8. The Morgan fingerprint density at radius 2 is 2.47 bits per heavy atom. The van der Waals surface area contributed by atoms with Crippen LogP contribution in [0.1, 0.15) is 24.3 Å². The van der Waals surface area contributed by atoms with Gasteiger partial charge >= 0.3 is 0 Å². The molecule has 1 aromatic rings. The minimum atomic E-state index is 0.278. The number of hydrogen-bond acceptors (Lipinski definition) is 4. The largest absolute Gasteiger partial charge is 0.388 e. The first kappa shape index (κ1) is 10.6. The van der Waals surface area contributed by atoms with E-state index in [-0.39, 0.29) is 5.84 Å². The van der Waals surface area contributed by atoms with E-state index in [4.69, 9.17) is 11.1 Å². The minimum Gasteiger partial charge on any atom is -0.388 e. The zero-order chi connectivity index (χ0) is 10.7. The van der Waals surface area contributed by atoms with Gasteiger partial charge in [-0.05, 0) is 12.8 Å². The quantitative estimate of drug-likeness (QED) is 0.567. The molecule has 4 nitrogen and oxygen atoms in total. The van der Waals surface area contributed by atoms with Crippen LogP contribution in [0.3, 0.4) is 0 Å². The molecule has 1 saturated carbocycles. The van der Waals surface area contributed by atoms with Gasteiger partial charge in [0.2, 0.25) is 0 Å². The van der Waals surface area contributed by atoms with Crippen molar-refractivity contribution in [1.29, 1.82) is 5.41 Å². The second-order valence-electron chi connectivity index (χ2n) is 3.90. The van der Waals surface area contributed by atoms with Crippen LogP contribution in [0.25, 0.3) is 0 Å². The van der Waals surface area contributed by atoms with Crippen LogP contribution in [0.4, 0.5) is 0 Å². The Labute approximate surface area is 93.6 Å². The standard InChI is InChI=1S/C10H16N4S/c11-9(12)3-5-14(8-1-2-8)7-10-13-4-6-15-10/h4,6,8H,1-3,5,7H2,(H3,11,12). The lowest BCUT2D eigenvalue weighted by atomic mass is 10.3. The van der Waals surface area contributed by atoms with Crippen LogP contribution in [0.2, 0.25) is 0 Å². The highest BCUT2D eigenvalue weighted by Crippen LogP contribution is 2.28. The van der Waals surface area contributed by atoms with Gasteiger partial charge in [-0.2, -0.15) is 0 Å². The molecule has 82 valence electrons. The van der Waals surface area contributed by atoms with Gasteiger partial charge in [0.25, 0.3) is 0 Å². The van der Waals surface area contributed by atoms with E-state index in [9.17, 15) is 0 Å². The molecule has 1 aliphatic carbocycles. The molecule has 0 bridgehead atoms. The number of amidine groups is 1. The van der Waals surface area contributed by atoms with E-state index in [1.165, 1.54) is 12.8 Å². The van der Waals surface area contributed by atoms with E-state index in [0.29, 0.717) is 12.5 Å². The number of thiazole rings is 1. The molecule has 0 spiro atoms. The summed E-state index contributed by atoms with van der Waals surface area (Å²) in [4.78, 5) is 6.67. The smallest absolute Gasteiger partial charge is 0.107 e. The Balaban J connectivity index is 1.86. The van der Waals surface area contributed by atoms with Gasteiger partial charge in [0.1, 0.15) is 5.01 Å². The highest BCUT2D eigenvalue weighted by Gasteiger charge is 2.29. The second kappa shape index (κ2) is 4.72. The Bertz CT molecular complexity index is 318. The summed E-state index contributed by atoms with van der Waals surface area (Å²) >= 11 is 1.69. The summed E-state index contributed by atoms with van der Waals surface area (Å²) < 4.78 is 0. The Kier molecular flexibility index (Phi) is 3.33. The van der Waals surface area contributed by atoms with E-state index in [1.54, 1.807) is 11.3 Å². The first-order chi connectivity index (χ1) is 7.25. The van der Waals surface area contributed by atoms with Crippen molar-refractivity contribution >= 4 is 17.2 Å². The van der Waals surface area contributed by atoms with Crippen LogP contribution in [0, 0.1) is 5.41 Å². The highest BCUT2D eigenvalue weighted by molar-refractivity contribution is 7.09. The lowest BCUT2D eigenvalue weighted by molar-refractivity contribution is 0.262. The topological polar surface area (TPSA) is 66.0 Å². The van der Waals surface area contributed by atoms with Crippen molar-refractivity contribution in [2.24, 2.45) is 5.73 Å². The van der Waals surface area contributed by atoms with Crippen molar-refractivity contribution in [2.45, 2.75) is 31.8 Å². The van der Waals surface area contributed by atoms with E-state index < -0.39 is 0 Å². The fraction of sp³-hybridized carbons (Fsp3) is 0.600. The molecule has 5 heteroatoms. The second-order valence-corrected chi connectivity index (χ2v) is 4.88. The maximum absolute atomic E-state index is 7.24. The summed E-state index contributed by atoms with van der Waals surface area (Å²) in [6, 6.07) is 0.702. The lowest BCUT2D eigenvalue weighted by Crippen LogP contribution is -2.29. The highest BCUT2D eigenvalue weighted by atomic mass is 32.1. The number of nitrogens with one attached hydrogen (secondary N) is 1. The van der Waals surface area contributed by atoms with Crippen LogP contribution < -0.4 is 5.73 Å². The van der Waals surface area contributed by atoms with Crippen LogP contribution in [0.15, 0.2) is 11.6 Å². The van der Waals surface area contributed by atoms with E-state index in [1.807, 2.05) is 11.6 Å². The summed E-state index contributed by atoms with van der Waals surface area (Å²) in [5, 5.41) is 10.4. The van der Waals surface area contributed by atoms with E-state index in [0.717, 1.165) is 18.1 Å². The van der Waals surface area contributed by atoms with Crippen molar-refractivity contribution in [3.8, 4) is 0 Å². The number of rotatable bonds is 6. The van der Waals surface area contributed by atoms with E-state index >= 15 is 0 Å². The predicted octanol–water partition coefficient (Wildman–Crippen LogP) is 1.43. The average molecular weight is 224 g/mol. The van der Waals surface area contributed by atoms with Gasteiger partial charge in [-0.15, -0.1) is 11.3 Å². The molecule has 0 amide bonds. The fourth-order valence-corrected chi connectivity index (χ4v) is 2.24. The molecule has 15 heavy (non-hydrogen) atoms. The molecule has 0 unspecified atom stereocenters. The van der Waals surface area contributed by atoms with Crippen molar-refractivity contribution in [3.05, 3.63) is 16.6 Å². The Morgan fingerprint density at radius 1 is 1.67 bits per heavy atom. The number of nitrogens with two attached hydrogens (primary N) is 1. The van der Waals surface area contributed by atoms with Crippen LogP contribution >= 0.6 is 11.3 Å². The van der Waals surface area contributed by atoms with Gasteiger partial charge in [-0.1, -0.05) is 0 Å².